The van der Waals surface area contributed by atoms with Crippen LogP contribution in [0.2, 0.25) is 0 Å². The van der Waals surface area contributed by atoms with Gasteiger partial charge in [0.1, 0.15) is 10.8 Å². The summed E-state index contributed by atoms with van der Waals surface area (Å²) in [6, 6.07) is 0. The zero-order chi connectivity index (χ0) is 17.1. The molecule has 0 unspecified atom stereocenters. The number of nitrogens with zero attached hydrogens (tertiary/aromatic N) is 6. The number of guanidine groups is 1. The van der Waals surface area contributed by atoms with Crippen molar-refractivity contribution in [2.45, 2.75) is 45.7 Å². The second-order valence-electron chi connectivity index (χ2n) is 6.16. The highest BCUT2D eigenvalue weighted by atomic mass is 127. The van der Waals surface area contributed by atoms with Crippen molar-refractivity contribution in [2.75, 3.05) is 14.1 Å². The van der Waals surface area contributed by atoms with Gasteiger partial charge in [0.2, 0.25) is 0 Å². The zero-order valence-corrected chi connectivity index (χ0v) is 18.4. The van der Waals surface area contributed by atoms with Gasteiger partial charge in [-0.2, -0.15) is 0 Å². The van der Waals surface area contributed by atoms with E-state index in [1.165, 1.54) is 34.8 Å². The third-order valence-corrected chi connectivity index (χ3v) is 5.57. The Bertz CT molecular complexity index is 713. The van der Waals surface area contributed by atoms with Gasteiger partial charge in [0, 0.05) is 26.0 Å². The van der Waals surface area contributed by atoms with Crippen LogP contribution in [-0.2, 0) is 33.0 Å². The molecule has 0 aromatic carbocycles. The molecular weight excluding hydrogens is 449 g/mol. The van der Waals surface area contributed by atoms with Crippen molar-refractivity contribution in [1.29, 1.82) is 0 Å². The molecule has 0 bridgehead atoms. The van der Waals surface area contributed by atoms with E-state index >= 15 is 0 Å². The average Bonchev–Trinajstić information content (AvgIpc) is 3.12. The van der Waals surface area contributed by atoms with Crippen LogP contribution in [0.4, 0.5) is 0 Å². The Morgan fingerprint density at radius 2 is 2.08 bits per heavy atom. The molecule has 2 heterocycles. The van der Waals surface area contributed by atoms with Crippen LogP contribution in [0, 0.1) is 6.92 Å². The number of fused-ring (bicyclic) bond motifs is 1. The number of aryl methyl sites for hydroxylation is 3. The van der Waals surface area contributed by atoms with Crippen molar-refractivity contribution in [3.8, 4) is 0 Å². The standard InChI is InChI=1S/C16H25N7S.HI/c1-11-20-21-14(23(11)4)9-18-16(17-2)22(3)10-15-19-12-7-5-6-8-13(12)24-15;/h5-10H2,1-4H3,(H,17,18);1H. The molecule has 0 spiro atoms. The van der Waals surface area contributed by atoms with Crippen LogP contribution >= 0.6 is 35.3 Å². The first kappa shape index (κ1) is 20.1. The molecule has 2 aromatic heterocycles. The normalized spacial score (nSPS) is 14.0. The first-order chi connectivity index (χ1) is 11.6. The van der Waals surface area contributed by atoms with Gasteiger partial charge in [-0.15, -0.1) is 45.5 Å². The molecule has 7 nitrogen and oxygen atoms in total. The maximum Gasteiger partial charge on any atom is 0.194 e. The Hall–Kier alpha value is -1.23. The van der Waals surface area contributed by atoms with E-state index in [9.17, 15) is 0 Å². The summed E-state index contributed by atoms with van der Waals surface area (Å²) >= 11 is 1.85. The lowest BCUT2D eigenvalue weighted by molar-refractivity contribution is 0.472. The molecule has 0 amide bonds. The Labute approximate surface area is 170 Å². The summed E-state index contributed by atoms with van der Waals surface area (Å²) in [5.74, 6) is 2.64. The van der Waals surface area contributed by atoms with Crippen molar-refractivity contribution in [1.82, 2.24) is 30.0 Å². The van der Waals surface area contributed by atoms with E-state index in [0.717, 1.165) is 30.6 Å². The number of aromatic nitrogens is 4. The van der Waals surface area contributed by atoms with Gasteiger partial charge in [-0.1, -0.05) is 0 Å². The van der Waals surface area contributed by atoms with E-state index in [1.807, 2.05) is 36.9 Å². The monoisotopic (exact) mass is 475 g/mol. The fourth-order valence-electron chi connectivity index (χ4n) is 2.90. The molecule has 3 rings (SSSR count). The summed E-state index contributed by atoms with van der Waals surface area (Å²) in [6.07, 6.45) is 4.89. The number of halogens is 1. The van der Waals surface area contributed by atoms with E-state index in [4.69, 9.17) is 4.98 Å². The molecule has 1 N–H and O–H groups in total. The van der Waals surface area contributed by atoms with Crippen molar-refractivity contribution in [3.05, 3.63) is 27.2 Å². The summed E-state index contributed by atoms with van der Waals surface area (Å²) in [5, 5.41) is 12.8. The Kier molecular flexibility index (Phi) is 7.17. The lowest BCUT2D eigenvalue weighted by Gasteiger charge is -2.20. The molecule has 1 aliphatic carbocycles. The van der Waals surface area contributed by atoms with Gasteiger partial charge < -0.3 is 14.8 Å². The van der Waals surface area contributed by atoms with Crippen LogP contribution in [0.25, 0.3) is 0 Å². The molecule has 0 aliphatic heterocycles. The van der Waals surface area contributed by atoms with Crippen LogP contribution in [0.1, 0.15) is 40.1 Å². The quantitative estimate of drug-likeness (QED) is 0.418. The van der Waals surface area contributed by atoms with E-state index in [2.05, 4.69) is 25.4 Å². The predicted molar refractivity (Wildman–Crippen MR) is 112 cm³/mol. The fraction of sp³-hybridized carbons (Fsp3) is 0.625. The minimum absolute atomic E-state index is 0. The number of hydrogen-bond acceptors (Lipinski definition) is 5. The second kappa shape index (κ2) is 8.93. The summed E-state index contributed by atoms with van der Waals surface area (Å²) in [4.78, 5) is 12.8. The summed E-state index contributed by atoms with van der Waals surface area (Å²) < 4.78 is 1.98. The van der Waals surface area contributed by atoms with E-state index in [0.29, 0.717) is 6.54 Å². The predicted octanol–water partition coefficient (Wildman–Crippen LogP) is 2.28. The number of hydrogen-bond donors (Lipinski definition) is 1. The van der Waals surface area contributed by atoms with Crippen molar-refractivity contribution >= 4 is 41.3 Å². The third-order valence-electron chi connectivity index (χ3n) is 4.42. The zero-order valence-electron chi connectivity index (χ0n) is 15.2. The Morgan fingerprint density at radius 1 is 1.32 bits per heavy atom. The van der Waals surface area contributed by atoms with Gasteiger partial charge in [0.15, 0.2) is 11.8 Å². The molecule has 0 fully saturated rings. The SMILES string of the molecule is CN=C(NCc1nnc(C)n1C)N(C)Cc1nc2c(s1)CCCC2.I. The molecule has 25 heavy (non-hydrogen) atoms. The van der Waals surface area contributed by atoms with Crippen LogP contribution in [0.5, 0.6) is 0 Å². The summed E-state index contributed by atoms with van der Waals surface area (Å²) in [5.41, 5.74) is 1.31. The first-order valence-electron chi connectivity index (χ1n) is 8.32. The number of aliphatic imine (C=N–C) groups is 1. The van der Waals surface area contributed by atoms with Crippen molar-refractivity contribution in [3.63, 3.8) is 0 Å². The minimum Gasteiger partial charge on any atom is -0.349 e. The van der Waals surface area contributed by atoms with Crippen molar-refractivity contribution < 1.29 is 0 Å². The molecule has 0 saturated heterocycles. The van der Waals surface area contributed by atoms with Crippen LogP contribution in [0.15, 0.2) is 4.99 Å². The smallest absolute Gasteiger partial charge is 0.194 e. The highest BCUT2D eigenvalue weighted by molar-refractivity contribution is 14.0. The largest absolute Gasteiger partial charge is 0.349 e. The molecule has 0 saturated carbocycles. The van der Waals surface area contributed by atoms with Gasteiger partial charge in [-0.05, 0) is 32.6 Å². The highest BCUT2D eigenvalue weighted by Gasteiger charge is 2.17. The average molecular weight is 475 g/mol. The van der Waals surface area contributed by atoms with Gasteiger partial charge >= 0.3 is 0 Å². The van der Waals surface area contributed by atoms with Crippen LogP contribution in [-0.4, -0.2) is 44.7 Å². The maximum absolute atomic E-state index is 4.81. The Morgan fingerprint density at radius 3 is 2.72 bits per heavy atom. The van der Waals surface area contributed by atoms with E-state index < -0.39 is 0 Å². The minimum atomic E-state index is 0. The first-order valence-corrected chi connectivity index (χ1v) is 9.14. The number of rotatable bonds is 4. The van der Waals surface area contributed by atoms with E-state index in [1.54, 1.807) is 7.05 Å². The molecule has 0 atom stereocenters. The van der Waals surface area contributed by atoms with E-state index in [-0.39, 0.29) is 24.0 Å². The van der Waals surface area contributed by atoms with Crippen LogP contribution in [0.3, 0.4) is 0 Å². The molecular formula is C16H26IN7S. The number of thiazole rings is 1. The second-order valence-corrected chi connectivity index (χ2v) is 7.33. The lowest BCUT2D eigenvalue weighted by Crippen LogP contribution is -2.38. The third kappa shape index (κ3) is 4.69. The Balaban J connectivity index is 0.00000225. The van der Waals surface area contributed by atoms with Crippen molar-refractivity contribution in [2.24, 2.45) is 12.0 Å². The van der Waals surface area contributed by atoms with Gasteiger partial charge in [-0.25, -0.2) is 4.98 Å². The van der Waals surface area contributed by atoms with Gasteiger partial charge in [0.05, 0.1) is 18.8 Å². The maximum atomic E-state index is 4.81. The molecule has 2 aromatic rings. The fourth-order valence-corrected chi connectivity index (χ4v) is 4.11. The molecule has 138 valence electrons. The van der Waals surface area contributed by atoms with Gasteiger partial charge in [-0.3, -0.25) is 4.99 Å². The number of nitrogens with one attached hydrogen (secondary N) is 1. The molecule has 9 heteroatoms. The summed E-state index contributed by atoms with van der Waals surface area (Å²) in [7, 11) is 5.81. The summed E-state index contributed by atoms with van der Waals surface area (Å²) in [6.45, 7) is 3.32. The highest BCUT2D eigenvalue weighted by Crippen LogP contribution is 2.27. The topological polar surface area (TPSA) is 71.2 Å². The van der Waals surface area contributed by atoms with Gasteiger partial charge in [0.25, 0.3) is 0 Å². The lowest BCUT2D eigenvalue weighted by atomic mass is 10.0. The van der Waals surface area contributed by atoms with Crippen LogP contribution < -0.4 is 5.32 Å². The molecule has 0 radical (unpaired) electrons. The molecule has 1 aliphatic rings.